The molecule has 0 aromatic heterocycles. The monoisotopic (exact) mass is 392 g/mol. The quantitative estimate of drug-likeness (QED) is 0.755. The number of methoxy groups -OCH3 is 1. The highest BCUT2D eigenvalue weighted by Gasteiger charge is 2.35. The smallest absolute Gasteiger partial charge is 0.288 e. The maximum absolute atomic E-state index is 12.7. The van der Waals surface area contributed by atoms with Gasteiger partial charge in [0.15, 0.2) is 0 Å². The van der Waals surface area contributed by atoms with Crippen LogP contribution in [0.3, 0.4) is 0 Å². The molecule has 2 amide bonds. The molecule has 1 unspecified atom stereocenters. The first kappa shape index (κ1) is 19.2. The minimum absolute atomic E-state index is 0.0714. The Morgan fingerprint density at radius 1 is 1.22 bits per heavy atom. The van der Waals surface area contributed by atoms with Crippen LogP contribution in [0.5, 0.6) is 5.75 Å². The van der Waals surface area contributed by atoms with Gasteiger partial charge in [0, 0.05) is 23.5 Å². The summed E-state index contributed by atoms with van der Waals surface area (Å²) in [6.45, 7) is 0.237. The van der Waals surface area contributed by atoms with E-state index in [4.69, 9.17) is 4.74 Å². The Balaban J connectivity index is 1.69. The van der Waals surface area contributed by atoms with Crippen LogP contribution in [0.25, 0.3) is 0 Å². The van der Waals surface area contributed by atoms with Crippen molar-refractivity contribution in [2.45, 2.75) is 17.1 Å². The number of nitrogens with one attached hydrogen (secondary N) is 1. The van der Waals surface area contributed by atoms with Crippen molar-refractivity contribution in [2.75, 3.05) is 23.9 Å². The Morgan fingerprint density at radius 2 is 1.93 bits per heavy atom. The first-order valence-corrected chi connectivity index (χ1v) is 9.15. The van der Waals surface area contributed by atoms with Gasteiger partial charge in [-0.15, -0.1) is 0 Å². The van der Waals surface area contributed by atoms with Gasteiger partial charge in [0.1, 0.15) is 5.75 Å². The number of anilines is 2. The molecular weight excluding hydrogens is 374 g/mol. The predicted molar refractivity (Wildman–Crippen MR) is 100 cm³/mol. The number of carbonyl (C=O) groups excluding carboxylic acids is 2. The zero-order valence-corrected chi connectivity index (χ0v) is 15.3. The standard InChI is InChI=1S/C19H18F2N2O3S/c1-26-14-8-6-13(7-9-14)23-11-12(10-17(23)24)18(25)22-15-4-2-3-5-16(15)27-19(20)21/h2-9,12,19H,10-11H2,1H3,(H,22,25). The molecule has 0 radical (unpaired) electrons. The van der Waals surface area contributed by atoms with Crippen LogP contribution in [0.15, 0.2) is 53.4 Å². The fourth-order valence-corrected chi connectivity index (χ4v) is 3.49. The molecule has 27 heavy (non-hydrogen) atoms. The molecule has 0 aliphatic carbocycles. The number of alkyl halides is 2. The van der Waals surface area contributed by atoms with Crippen molar-refractivity contribution in [1.29, 1.82) is 0 Å². The van der Waals surface area contributed by atoms with E-state index in [2.05, 4.69) is 5.32 Å². The Labute approximate surface area is 159 Å². The van der Waals surface area contributed by atoms with Crippen molar-refractivity contribution in [3.8, 4) is 5.75 Å². The molecule has 1 fully saturated rings. The molecule has 2 aromatic rings. The van der Waals surface area contributed by atoms with Crippen molar-refractivity contribution in [3.05, 3.63) is 48.5 Å². The summed E-state index contributed by atoms with van der Waals surface area (Å²) >= 11 is 0.374. The lowest BCUT2D eigenvalue weighted by atomic mass is 10.1. The van der Waals surface area contributed by atoms with Gasteiger partial charge < -0.3 is 15.0 Å². The molecule has 8 heteroatoms. The van der Waals surface area contributed by atoms with Gasteiger partial charge in [-0.2, -0.15) is 8.78 Å². The van der Waals surface area contributed by atoms with E-state index in [1.54, 1.807) is 54.5 Å². The molecule has 1 aliphatic heterocycles. The largest absolute Gasteiger partial charge is 0.497 e. The molecule has 1 aliphatic rings. The van der Waals surface area contributed by atoms with Gasteiger partial charge in [0.2, 0.25) is 11.8 Å². The summed E-state index contributed by atoms with van der Waals surface area (Å²) in [7, 11) is 1.56. The number of halogens is 2. The van der Waals surface area contributed by atoms with E-state index < -0.39 is 11.7 Å². The normalized spacial score (nSPS) is 16.7. The van der Waals surface area contributed by atoms with Gasteiger partial charge in [-0.05, 0) is 36.4 Å². The van der Waals surface area contributed by atoms with Gasteiger partial charge in [-0.1, -0.05) is 23.9 Å². The third-order valence-electron chi connectivity index (χ3n) is 4.24. The molecule has 1 N–H and O–H groups in total. The maximum Gasteiger partial charge on any atom is 0.288 e. The number of hydrogen-bond acceptors (Lipinski definition) is 4. The first-order valence-electron chi connectivity index (χ1n) is 8.27. The summed E-state index contributed by atoms with van der Waals surface area (Å²) in [6, 6.07) is 13.4. The Morgan fingerprint density at radius 3 is 2.59 bits per heavy atom. The predicted octanol–water partition coefficient (Wildman–Crippen LogP) is 4.00. The highest BCUT2D eigenvalue weighted by atomic mass is 32.2. The molecule has 142 valence electrons. The number of carbonyl (C=O) groups is 2. The topological polar surface area (TPSA) is 58.6 Å². The van der Waals surface area contributed by atoms with Gasteiger partial charge >= 0.3 is 0 Å². The van der Waals surface area contributed by atoms with E-state index in [9.17, 15) is 18.4 Å². The fraction of sp³-hybridized carbons (Fsp3) is 0.263. The van der Waals surface area contributed by atoms with E-state index >= 15 is 0 Å². The lowest BCUT2D eigenvalue weighted by Gasteiger charge is -2.17. The molecule has 3 rings (SSSR count). The van der Waals surface area contributed by atoms with Crippen molar-refractivity contribution < 1.29 is 23.1 Å². The van der Waals surface area contributed by atoms with Crippen molar-refractivity contribution >= 4 is 35.0 Å². The lowest BCUT2D eigenvalue weighted by molar-refractivity contribution is -0.122. The molecule has 1 atom stereocenters. The number of rotatable bonds is 6. The highest BCUT2D eigenvalue weighted by Crippen LogP contribution is 2.33. The maximum atomic E-state index is 12.7. The summed E-state index contributed by atoms with van der Waals surface area (Å²) in [5, 5.41) is 2.68. The molecule has 1 saturated heterocycles. The van der Waals surface area contributed by atoms with Crippen LogP contribution < -0.4 is 15.0 Å². The molecule has 0 bridgehead atoms. The summed E-state index contributed by atoms with van der Waals surface area (Å²) in [5.74, 6) is -2.98. The molecule has 2 aromatic carbocycles. The summed E-state index contributed by atoms with van der Waals surface area (Å²) in [5.41, 5.74) is 1.01. The molecular formula is C19H18F2N2O3S. The summed E-state index contributed by atoms with van der Waals surface area (Å²) < 4.78 is 30.4. The average molecular weight is 392 g/mol. The minimum Gasteiger partial charge on any atom is -0.497 e. The number of para-hydroxylation sites is 1. The third-order valence-corrected chi connectivity index (χ3v) is 5.03. The second-order valence-corrected chi connectivity index (χ2v) is 7.00. The number of hydrogen-bond donors (Lipinski definition) is 1. The van der Waals surface area contributed by atoms with Crippen LogP contribution in [0, 0.1) is 5.92 Å². The van der Waals surface area contributed by atoms with Crippen LogP contribution in [-0.2, 0) is 9.59 Å². The number of amides is 2. The van der Waals surface area contributed by atoms with Crippen LogP contribution in [0.1, 0.15) is 6.42 Å². The number of ether oxygens (including phenoxy) is 1. The zero-order valence-electron chi connectivity index (χ0n) is 14.5. The van der Waals surface area contributed by atoms with Crippen molar-refractivity contribution in [2.24, 2.45) is 5.92 Å². The number of benzene rings is 2. The second-order valence-electron chi connectivity index (χ2n) is 5.97. The van der Waals surface area contributed by atoms with Gasteiger partial charge in [-0.3, -0.25) is 9.59 Å². The van der Waals surface area contributed by atoms with Crippen LogP contribution in [0.4, 0.5) is 20.2 Å². The van der Waals surface area contributed by atoms with Crippen LogP contribution in [-0.4, -0.2) is 31.2 Å². The SMILES string of the molecule is COc1ccc(N2CC(C(=O)Nc3ccccc3SC(F)F)CC2=O)cc1. The van der Waals surface area contributed by atoms with E-state index in [1.807, 2.05) is 0 Å². The third kappa shape index (κ3) is 4.57. The number of nitrogens with zero attached hydrogens (tertiary/aromatic N) is 1. The molecule has 0 spiro atoms. The van der Waals surface area contributed by atoms with E-state index in [1.165, 1.54) is 6.07 Å². The second kappa shape index (κ2) is 8.39. The zero-order chi connectivity index (χ0) is 19.4. The number of thioether (sulfide) groups is 1. The highest BCUT2D eigenvalue weighted by molar-refractivity contribution is 7.99. The van der Waals surface area contributed by atoms with Crippen molar-refractivity contribution in [1.82, 2.24) is 0 Å². The Hall–Kier alpha value is -2.61. The molecule has 1 heterocycles. The fourth-order valence-electron chi connectivity index (χ4n) is 2.90. The molecule has 5 nitrogen and oxygen atoms in total. The van der Waals surface area contributed by atoms with E-state index in [0.29, 0.717) is 28.9 Å². The minimum atomic E-state index is -2.58. The molecule has 0 saturated carbocycles. The van der Waals surface area contributed by atoms with E-state index in [-0.39, 0.29) is 29.7 Å². The lowest BCUT2D eigenvalue weighted by Crippen LogP contribution is -2.28. The van der Waals surface area contributed by atoms with Gasteiger partial charge in [0.05, 0.1) is 18.7 Å². The first-order chi connectivity index (χ1) is 13.0. The Bertz CT molecular complexity index is 830. The summed E-state index contributed by atoms with van der Waals surface area (Å²) in [6.07, 6.45) is 0.0714. The van der Waals surface area contributed by atoms with Crippen LogP contribution >= 0.6 is 11.8 Å². The van der Waals surface area contributed by atoms with Gasteiger partial charge in [0.25, 0.3) is 5.76 Å². The average Bonchev–Trinajstić information content (AvgIpc) is 3.05. The van der Waals surface area contributed by atoms with Crippen molar-refractivity contribution in [3.63, 3.8) is 0 Å². The van der Waals surface area contributed by atoms with E-state index in [0.717, 1.165) is 0 Å². The van der Waals surface area contributed by atoms with Gasteiger partial charge in [-0.25, -0.2) is 0 Å². The van der Waals surface area contributed by atoms with Crippen LogP contribution in [0.2, 0.25) is 0 Å². The summed E-state index contributed by atoms with van der Waals surface area (Å²) in [4.78, 5) is 26.7. The Kier molecular flexibility index (Phi) is 5.95.